The summed E-state index contributed by atoms with van der Waals surface area (Å²) in [7, 11) is 0. The molecular formula is C13H16O2. The summed E-state index contributed by atoms with van der Waals surface area (Å²) in [6, 6.07) is 1.86. The first-order valence-corrected chi connectivity index (χ1v) is 4.99. The van der Waals surface area contributed by atoms with Crippen LogP contribution >= 0.6 is 0 Å². The molecule has 15 heavy (non-hydrogen) atoms. The molecule has 2 nitrogen and oxygen atoms in total. The SMILES string of the molecule is CC(=O)c1cc(C)c(C)c(C(C)=O)c1C. The second kappa shape index (κ2) is 3.97. The molecule has 0 aliphatic carbocycles. The highest BCUT2D eigenvalue weighted by Gasteiger charge is 2.15. The average Bonchev–Trinajstić information content (AvgIpc) is 2.10. The molecule has 0 heterocycles. The minimum Gasteiger partial charge on any atom is -0.295 e. The number of ketones is 2. The van der Waals surface area contributed by atoms with E-state index in [1.165, 1.54) is 6.92 Å². The van der Waals surface area contributed by atoms with E-state index in [1.807, 2.05) is 26.8 Å². The van der Waals surface area contributed by atoms with Gasteiger partial charge < -0.3 is 0 Å². The van der Waals surface area contributed by atoms with Crippen molar-refractivity contribution in [2.75, 3.05) is 0 Å². The average molecular weight is 204 g/mol. The van der Waals surface area contributed by atoms with E-state index in [0.717, 1.165) is 16.7 Å². The summed E-state index contributed by atoms with van der Waals surface area (Å²) in [5.41, 5.74) is 4.13. The number of Topliss-reactive ketones (excluding diaryl/α,β-unsaturated/α-hetero) is 2. The molecule has 80 valence electrons. The molecular weight excluding hydrogens is 188 g/mol. The molecule has 1 aromatic rings. The lowest BCUT2D eigenvalue weighted by Gasteiger charge is -2.13. The summed E-state index contributed by atoms with van der Waals surface area (Å²) >= 11 is 0. The number of carbonyl (C=O) groups is 2. The lowest BCUT2D eigenvalue weighted by atomic mass is 9.90. The maximum atomic E-state index is 11.5. The van der Waals surface area contributed by atoms with Crippen molar-refractivity contribution < 1.29 is 9.59 Å². The van der Waals surface area contributed by atoms with Gasteiger partial charge in [-0.15, -0.1) is 0 Å². The van der Waals surface area contributed by atoms with Crippen molar-refractivity contribution in [1.82, 2.24) is 0 Å². The van der Waals surface area contributed by atoms with Gasteiger partial charge in [0.25, 0.3) is 0 Å². The van der Waals surface area contributed by atoms with Gasteiger partial charge >= 0.3 is 0 Å². The minimum absolute atomic E-state index is 0.0121. The van der Waals surface area contributed by atoms with Crippen molar-refractivity contribution in [1.29, 1.82) is 0 Å². The fourth-order valence-corrected chi connectivity index (χ4v) is 1.94. The highest BCUT2D eigenvalue weighted by molar-refractivity contribution is 6.03. The second-order valence-electron chi connectivity index (χ2n) is 3.98. The first-order valence-electron chi connectivity index (χ1n) is 4.99. The van der Waals surface area contributed by atoms with Gasteiger partial charge in [0, 0.05) is 11.1 Å². The van der Waals surface area contributed by atoms with Crippen LogP contribution in [0.4, 0.5) is 0 Å². The Balaban J connectivity index is 3.63. The molecule has 0 saturated heterocycles. The Morgan fingerprint density at radius 3 is 1.87 bits per heavy atom. The van der Waals surface area contributed by atoms with Crippen molar-refractivity contribution in [2.24, 2.45) is 0 Å². The first-order chi connectivity index (χ1) is 6.86. The Bertz CT molecular complexity index is 442. The predicted molar refractivity (Wildman–Crippen MR) is 60.7 cm³/mol. The van der Waals surface area contributed by atoms with Crippen LogP contribution in [0.5, 0.6) is 0 Å². The van der Waals surface area contributed by atoms with E-state index >= 15 is 0 Å². The quantitative estimate of drug-likeness (QED) is 0.694. The number of benzene rings is 1. The monoisotopic (exact) mass is 204 g/mol. The van der Waals surface area contributed by atoms with Crippen molar-refractivity contribution in [3.8, 4) is 0 Å². The van der Waals surface area contributed by atoms with Crippen LogP contribution in [0.25, 0.3) is 0 Å². The molecule has 1 rings (SSSR count). The van der Waals surface area contributed by atoms with Gasteiger partial charge in [-0.2, -0.15) is 0 Å². The molecule has 1 aromatic carbocycles. The second-order valence-corrected chi connectivity index (χ2v) is 3.98. The normalized spacial score (nSPS) is 10.2. The first kappa shape index (κ1) is 11.6. The number of rotatable bonds is 2. The van der Waals surface area contributed by atoms with Crippen LogP contribution in [0.2, 0.25) is 0 Å². The van der Waals surface area contributed by atoms with Crippen molar-refractivity contribution in [3.05, 3.63) is 33.9 Å². The van der Waals surface area contributed by atoms with Crippen LogP contribution in [0.15, 0.2) is 6.07 Å². The summed E-state index contributed by atoms with van der Waals surface area (Å²) in [6.45, 7) is 8.75. The zero-order valence-electron chi connectivity index (χ0n) is 9.89. The Labute approximate surface area is 90.3 Å². The molecule has 0 bridgehead atoms. The van der Waals surface area contributed by atoms with Crippen LogP contribution < -0.4 is 0 Å². The molecule has 0 amide bonds. The third-order valence-electron chi connectivity index (χ3n) is 2.84. The highest BCUT2D eigenvalue weighted by Crippen LogP contribution is 2.22. The van der Waals surface area contributed by atoms with E-state index in [-0.39, 0.29) is 11.6 Å². The third kappa shape index (κ3) is 1.99. The standard InChI is InChI=1S/C13H16O2/c1-7-6-12(10(4)14)9(3)13(8(7)2)11(5)15/h6H,1-5H3. The molecule has 0 radical (unpaired) electrons. The minimum atomic E-state index is 0.0121. The van der Waals surface area contributed by atoms with Crippen LogP contribution in [-0.2, 0) is 0 Å². The largest absolute Gasteiger partial charge is 0.295 e. The zero-order valence-corrected chi connectivity index (χ0v) is 9.89. The smallest absolute Gasteiger partial charge is 0.160 e. The van der Waals surface area contributed by atoms with Gasteiger partial charge in [0.15, 0.2) is 11.6 Å². The lowest BCUT2D eigenvalue weighted by molar-refractivity contribution is 0.101. The molecule has 0 saturated carbocycles. The van der Waals surface area contributed by atoms with E-state index in [9.17, 15) is 9.59 Å². The Morgan fingerprint density at radius 1 is 0.933 bits per heavy atom. The summed E-state index contributed by atoms with van der Waals surface area (Å²) in [5.74, 6) is 0.0364. The molecule has 0 fully saturated rings. The summed E-state index contributed by atoms with van der Waals surface area (Å²) in [4.78, 5) is 22.9. The van der Waals surface area contributed by atoms with E-state index in [1.54, 1.807) is 6.92 Å². The predicted octanol–water partition coefficient (Wildman–Crippen LogP) is 3.02. The van der Waals surface area contributed by atoms with Crippen molar-refractivity contribution >= 4 is 11.6 Å². The molecule has 0 aliphatic rings. The van der Waals surface area contributed by atoms with E-state index < -0.39 is 0 Å². The van der Waals surface area contributed by atoms with Gasteiger partial charge in [-0.3, -0.25) is 9.59 Å². The van der Waals surface area contributed by atoms with Gasteiger partial charge in [-0.1, -0.05) is 0 Å². The molecule has 0 unspecified atom stereocenters. The third-order valence-corrected chi connectivity index (χ3v) is 2.84. The van der Waals surface area contributed by atoms with Gasteiger partial charge in [-0.25, -0.2) is 0 Å². The fourth-order valence-electron chi connectivity index (χ4n) is 1.94. The van der Waals surface area contributed by atoms with Gasteiger partial charge in [0.1, 0.15) is 0 Å². The molecule has 0 aromatic heterocycles. The summed E-state index contributed by atoms with van der Waals surface area (Å²) in [5, 5.41) is 0. The number of hydrogen-bond acceptors (Lipinski definition) is 2. The molecule has 0 aliphatic heterocycles. The Kier molecular flexibility index (Phi) is 3.08. The fraction of sp³-hybridized carbons (Fsp3) is 0.385. The van der Waals surface area contributed by atoms with Crippen molar-refractivity contribution in [2.45, 2.75) is 34.6 Å². The Hall–Kier alpha value is -1.44. The van der Waals surface area contributed by atoms with Gasteiger partial charge in [0.2, 0.25) is 0 Å². The van der Waals surface area contributed by atoms with Crippen molar-refractivity contribution in [3.63, 3.8) is 0 Å². The van der Waals surface area contributed by atoms with Crippen LogP contribution in [-0.4, -0.2) is 11.6 Å². The number of carbonyl (C=O) groups excluding carboxylic acids is 2. The maximum absolute atomic E-state index is 11.5. The summed E-state index contributed by atoms with van der Waals surface area (Å²) in [6.07, 6.45) is 0. The molecule has 0 atom stereocenters. The topological polar surface area (TPSA) is 34.1 Å². The molecule has 0 spiro atoms. The highest BCUT2D eigenvalue weighted by atomic mass is 16.1. The summed E-state index contributed by atoms with van der Waals surface area (Å²) < 4.78 is 0. The lowest BCUT2D eigenvalue weighted by Crippen LogP contribution is -2.08. The van der Waals surface area contributed by atoms with Crippen LogP contribution in [0.1, 0.15) is 51.3 Å². The molecule has 2 heteroatoms. The molecule has 0 N–H and O–H groups in total. The number of hydrogen-bond donors (Lipinski definition) is 0. The number of aryl methyl sites for hydroxylation is 1. The van der Waals surface area contributed by atoms with Gasteiger partial charge in [0.05, 0.1) is 0 Å². The van der Waals surface area contributed by atoms with E-state index in [4.69, 9.17) is 0 Å². The van der Waals surface area contributed by atoms with E-state index in [2.05, 4.69) is 0 Å². The van der Waals surface area contributed by atoms with Gasteiger partial charge in [-0.05, 0) is 57.4 Å². The maximum Gasteiger partial charge on any atom is 0.160 e. The zero-order chi connectivity index (χ0) is 11.7. The van der Waals surface area contributed by atoms with Crippen LogP contribution in [0, 0.1) is 20.8 Å². The Morgan fingerprint density at radius 2 is 1.47 bits per heavy atom. The van der Waals surface area contributed by atoms with E-state index in [0.29, 0.717) is 11.1 Å². The van der Waals surface area contributed by atoms with Crippen LogP contribution in [0.3, 0.4) is 0 Å².